The first-order valence-corrected chi connectivity index (χ1v) is 7.70. The van der Waals surface area contributed by atoms with Crippen molar-refractivity contribution in [1.29, 1.82) is 0 Å². The zero-order chi connectivity index (χ0) is 16.9. The number of hydrogen-bond donors (Lipinski definition) is 1. The molecule has 0 atom stereocenters. The van der Waals surface area contributed by atoms with Crippen molar-refractivity contribution in [2.24, 2.45) is 5.41 Å². The van der Waals surface area contributed by atoms with Crippen molar-refractivity contribution in [2.75, 3.05) is 6.54 Å². The van der Waals surface area contributed by atoms with Crippen molar-refractivity contribution in [3.8, 4) is 11.5 Å². The van der Waals surface area contributed by atoms with E-state index in [1.54, 1.807) is 19.1 Å². The third-order valence-corrected chi connectivity index (χ3v) is 3.29. The molecule has 0 aliphatic carbocycles. The van der Waals surface area contributed by atoms with Crippen molar-refractivity contribution < 1.29 is 9.32 Å². The first-order chi connectivity index (χ1) is 10.8. The third-order valence-electron chi connectivity index (χ3n) is 3.29. The second kappa shape index (κ2) is 7.22. The highest BCUT2D eigenvalue weighted by molar-refractivity contribution is 5.91. The quantitative estimate of drug-likeness (QED) is 0.856. The lowest BCUT2D eigenvalue weighted by Crippen LogP contribution is -2.25. The van der Waals surface area contributed by atoms with Crippen LogP contribution in [-0.4, -0.2) is 22.6 Å². The van der Waals surface area contributed by atoms with Gasteiger partial charge in [-0.05, 0) is 42.5 Å². The number of nitrogens with one attached hydrogen (secondary N) is 1. The molecule has 0 bridgehead atoms. The molecule has 1 amide bonds. The summed E-state index contributed by atoms with van der Waals surface area (Å²) in [6, 6.07) is 7.61. The molecule has 5 nitrogen and oxygen atoms in total. The van der Waals surface area contributed by atoms with Gasteiger partial charge in [-0.3, -0.25) is 4.79 Å². The highest BCUT2D eigenvalue weighted by atomic mass is 16.5. The Hall–Kier alpha value is -2.43. The van der Waals surface area contributed by atoms with E-state index in [2.05, 4.69) is 36.2 Å². The Bertz CT molecular complexity index is 679. The summed E-state index contributed by atoms with van der Waals surface area (Å²) in [5, 5.41) is 6.66. The minimum absolute atomic E-state index is 0.0779. The summed E-state index contributed by atoms with van der Waals surface area (Å²) in [5.41, 5.74) is 2.02. The summed E-state index contributed by atoms with van der Waals surface area (Å²) < 4.78 is 5.12. The topological polar surface area (TPSA) is 68.0 Å². The summed E-state index contributed by atoms with van der Waals surface area (Å²) in [6.07, 6.45) is 4.29. The SMILES string of the molecule is Cc1noc(-c2ccc(C=CC(=O)NCCC(C)(C)C)cc2)n1. The maximum atomic E-state index is 11.8. The largest absolute Gasteiger partial charge is 0.353 e. The fourth-order valence-corrected chi connectivity index (χ4v) is 1.94. The maximum Gasteiger partial charge on any atom is 0.257 e. The predicted octanol–water partition coefficient (Wildman–Crippen LogP) is 3.61. The summed E-state index contributed by atoms with van der Waals surface area (Å²) in [7, 11) is 0. The van der Waals surface area contributed by atoms with Gasteiger partial charge in [-0.1, -0.05) is 38.1 Å². The summed E-state index contributed by atoms with van der Waals surface area (Å²) in [5.74, 6) is 1.03. The van der Waals surface area contributed by atoms with E-state index in [0.29, 0.717) is 18.3 Å². The first-order valence-electron chi connectivity index (χ1n) is 7.70. The van der Waals surface area contributed by atoms with Crippen LogP contribution in [-0.2, 0) is 4.79 Å². The van der Waals surface area contributed by atoms with Crippen molar-refractivity contribution >= 4 is 12.0 Å². The van der Waals surface area contributed by atoms with E-state index in [9.17, 15) is 4.79 Å². The van der Waals surface area contributed by atoms with E-state index >= 15 is 0 Å². The zero-order valence-electron chi connectivity index (χ0n) is 14.1. The molecular formula is C18H23N3O2. The summed E-state index contributed by atoms with van der Waals surface area (Å²) >= 11 is 0. The molecule has 23 heavy (non-hydrogen) atoms. The van der Waals surface area contributed by atoms with Gasteiger partial charge >= 0.3 is 0 Å². The van der Waals surface area contributed by atoms with Gasteiger partial charge in [0.1, 0.15) is 0 Å². The van der Waals surface area contributed by atoms with Crippen molar-refractivity contribution in [3.63, 3.8) is 0 Å². The van der Waals surface area contributed by atoms with Gasteiger partial charge in [-0.15, -0.1) is 0 Å². The van der Waals surface area contributed by atoms with Gasteiger partial charge in [0.25, 0.3) is 5.89 Å². The Labute approximate surface area is 136 Å². The number of hydrogen-bond acceptors (Lipinski definition) is 4. The van der Waals surface area contributed by atoms with Gasteiger partial charge in [-0.2, -0.15) is 4.98 Å². The number of carbonyl (C=O) groups excluding carboxylic acids is 1. The first kappa shape index (κ1) is 16.9. The van der Waals surface area contributed by atoms with Crippen LogP contribution in [0.15, 0.2) is 34.9 Å². The maximum absolute atomic E-state index is 11.8. The average molecular weight is 313 g/mol. The molecule has 0 spiro atoms. The summed E-state index contributed by atoms with van der Waals surface area (Å²) in [6.45, 7) is 8.93. The smallest absolute Gasteiger partial charge is 0.257 e. The van der Waals surface area contributed by atoms with E-state index in [-0.39, 0.29) is 11.3 Å². The monoisotopic (exact) mass is 313 g/mol. The lowest BCUT2D eigenvalue weighted by Gasteiger charge is -2.17. The lowest BCUT2D eigenvalue weighted by molar-refractivity contribution is -0.116. The second-order valence-electron chi connectivity index (χ2n) is 6.70. The molecule has 1 aromatic heterocycles. The van der Waals surface area contributed by atoms with Gasteiger partial charge in [0.15, 0.2) is 5.82 Å². The van der Waals surface area contributed by atoms with Gasteiger partial charge < -0.3 is 9.84 Å². The molecule has 0 aliphatic heterocycles. The van der Waals surface area contributed by atoms with Crippen LogP contribution in [0.1, 0.15) is 38.6 Å². The molecule has 0 unspecified atom stereocenters. The number of nitrogens with zero attached hydrogens (tertiary/aromatic N) is 2. The third kappa shape index (κ3) is 5.70. The highest BCUT2D eigenvalue weighted by Gasteiger charge is 2.09. The average Bonchev–Trinajstić information content (AvgIpc) is 2.91. The Kier molecular flexibility index (Phi) is 5.32. The molecule has 0 aliphatic rings. The fraction of sp³-hybridized carbons (Fsp3) is 0.389. The molecule has 5 heteroatoms. The van der Waals surface area contributed by atoms with Crippen LogP contribution in [0.2, 0.25) is 0 Å². The van der Waals surface area contributed by atoms with Gasteiger partial charge in [0, 0.05) is 18.2 Å². The number of aromatic nitrogens is 2. The minimum Gasteiger partial charge on any atom is -0.353 e. The molecule has 2 rings (SSSR count). The lowest BCUT2D eigenvalue weighted by atomic mass is 9.92. The van der Waals surface area contributed by atoms with Crippen molar-refractivity contribution in [1.82, 2.24) is 15.5 Å². The molecule has 2 aromatic rings. The summed E-state index contributed by atoms with van der Waals surface area (Å²) in [4.78, 5) is 15.9. The second-order valence-corrected chi connectivity index (χ2v) is 6.70. The van der Waals surface area contributed by atoms with Crippen LogP contribution in [0.25, 0.3) is 17.5 Å². The van der Waals surface area contributed by atoms with Gasteiger partial charge in [0.05, 0.1) is 0 Å². The van der Waals surface area contributed by atoms with Gasteiger partial charge in [-0.25, -0.2) is 0 Å². The Balaban J connectivity index is 1.89. The Morgan fingerprint density at radius 1 is 1.26 bits per heavy atom. The number of aryl methyl sites for hydroxylation is 1. The molecular weight excluding hydrogens is 290 g/mol. The van der Waals surface area contributed by atoms with Crippen LogP contribution >= 0.6 is 0 Å². The zero-order valence-corrected chi connectivity index (χ0v) is 14.1. The van der Waals surface area contributed by atoms with Crippen LogP contribution < -0.4 is 5.32 Å². The molecule has 122 valence electrons. The van der Waals surface area contributed by atoms with Crippen LogP contribution in [0.3, 0.4) is 0 Å². The molecule has 0 saturated heterocycles. The molecule has 0 saturated carbocycles. The normalized spacial score (nSPS) is 11.8. The number of rotatable bonds is 5. The highest BCUT2D eigenvalue weighted by Crippen LogP contribution is 2.18. The number of amides is 1. The molecule has 0 radical (unpaired) electrons. The van der Waals surface area contributed by atoms with Crippen LogP contribution in [0.4, 0.5) is 0 Å². The minimum atomic E-state index is -0.0779. The number of benzene rings is 1. The van der Waals surface area contributed by atoms with Gasteiger partial charge in [0.2, 0.25) is 5.91 Å². The molecule has 0 fully saturated rings. The van der Waals surface area contributed by atoms with Crippen molar-refractivity contribution in [3.05, 3.63) is 41.7 Å². The molecule has 1 aromatic carbocycles. The van der Waals surface area contributed by atoms with E-state index < -0.39 is 0 Å². The van der Waals surface area contributed by atoms with E-state index in [0.717, 1.165) is 17.5 Å². The predicted molar refractivity (Wildman–Crippen MR) is 90.6 cm³/mol. The van der Waals surface area contributed by atoms with E-state index in [4.69, 9.17) is 4.52 Å². The Morgan fingerprint density at radius 2 is 1.96 bits per heavy atom. The Morgan fingerprint density at radius 3 is 2.52 bits per heavy atom. The molecule has 1 heterocycles. The number of carbonyl (C=O) groups is 1. The standard InChI is InChI=1S/C18H23N3O2/c1-13-20-17(23-21-13)15-8-5-14(6-9-15)7-10-16(22)19-12-11-18(2,3)4/h5-10H,11-12H2,1-4H3,(H,19,22). The fourth-order valence-electron chi connectivity index (χ4n) is 1.94. The molecule has 1 N–H and O–H groups in total. The van der Waals surface area contributed by atoms with Crippen molar-refractivity contribution in [2.45, 2.75) is 34.1 Å². The van der Waals surface area contributed by atoms with E-state index in [1.165, 1.54) is 0 Å². The van der Waals surface area contributed by atoms with Crippen LogP contribution in [0, 0.1) is 12.3 Å². The van der Waals surface area contributed by atoms with E-state index in [1.807, 2.05) is 24.3 Å². The van der Waals surface area contributed by atoms with Crippen LogP contribution in [0.5, 0.6) is 0 Å².